The van der Waals surface area contributed by atoms with Crippen molar-refractivity contribution in [1.29, 1.82) is 0 Å². The number of likely N-dealkylation sites (N-methyl/N-ethyl adjacent to an activating group) is 1. The van der Waals surface area contributed by atoms with E-state index >= 15 is 0 Å². The number of rotatable bonds is 6. The maximum Gasteiger partial charge on any atom is 0.275 e. The Hall–Kier alpha value is -1.09. The fraction of sp³-hybridized carbons (Fsp3) is 0.444. The molecule has 2 heterocycles. The number of nitrogens with one attached hydrogen (secondary N) is 1. The molecular formula is C18H28Cl3N5OS. The molecule has 10 heteroatoms. The minimum atomic E-state index is -0.167. The molecule has 6 nitrogen and oxygen atoms in total. The van der Waals surface area contributed by atoms with E-state index in [0.29, 0.717) is 18.7 Å². The van der Waals surface area contributed by atoms with Gasteiger partial charge >= 0.3 is 0 Å². The van der Waals surface area contributed by atoms with E-state index in [1.54, 1.807) is 5.38 Å². The molecule has 0 spiro atoms. The van der Waals surface area contributed by atoms with Crippen molar-refractivity contribution in [1.82, 2.24) is 9.88 Å². The number of nitrogens with two attached hydrogens (primary N) is 1. The second kappa shape index (κ2) is 13.2. The summed E-state index contributed by atoms with van der Waals surface area (Å²) < 4.78 is 0. The molecule has 0 aliphatic carbocycles. The number of carbonyl (C=O) groups excluding carboxylic acids is 1. The molecule has 1 fully saturated rings. The van der Waals surface area contributed by atoms with Crippen molar-refractivity contribution in [3.63, 3.8) is 0 Å². The summed E-state index contributed by atoms with van der Waals surface area (Å²) >= 11 is 1.48. The van der Waals surface area contributed by atoms with Gasteiger partial charge in [-0.15, -0.1) is 48.6 Å². The van der Waals surface area contributed by atoms with Gasteiger partial charge < -0.3 is 20.9 Å². The molecule has 1 aliphatic rings. The molecule has 3 rings (SSSR count). The number of thiazole rings is 1. The highest BCUT2D eigenvalue weighted by atomic mass is 35.5. The summed E-state index contributed by atoms with van der Waals surface area (Å²) in [6, 6.07) is 7.98. The van der Waals surface area contributed by atoms with Crippen molar-refractivity contribution in [2.45, 2.75) is 13.3 Å². The van der Waals surface area contributed by atoms with E-state index in [0.717, 1.165) is 49.1 Å². The summed E-state index contributed by atoms with van der Waals surface area (Å²) in [7, 11) is 0. The molecule has 1 aliphatic heterocycles. The van der Waals surface area contributed by atoms with Gasteiger partial charge in [-0.3, -0.25) is 4.79 Å². The Bertz CT molecular complexity index is 723. The lowest BCUT2D eigenvalue weighted by Gasteiger charge is -2.36. The van der Waals surface area contributed by atoms with Gasteiger partial charge in [0.25, 0.3) is 5.91 Å². The van der Waals surface area contributed by atoms with Gasteiger partial charge in [0.2, 0.25) is 0 Å². The van der Waals surface area contributed by atoms with Crippen LogP contribution in [0.3, 0.4) is 0 Å². The summed E-state index contributed by atoms with van der Waals surface area (Å²) in [5.41, 5.74) is 7.92. The molecule has 0 unspecified atom stereocenters. The lowest BCUT2D eigenvalue weighted by molar-refractivity contribution is 0.102. The third-order valence-corrected chi connectivity index (χ3v) is 5.36. The quantitative estimate of drug-likeness (QED) is 0.680. The predicted molar refractivity (Wildman–Crippen MR) is 125 cm³/mol. The molecule has 0 bridgehead atoms. The molecule has 0 saturated carbocycles. The van der Waals surface area contributed by atoms with Crippen LogP contribution in [0.15, 0.2) is 29.6 Å². The van der Waals surface area contributed by atoms with Crippen LogP contribution in [0.25, 0.3) is 0 Å². The third-order valence-electron chi connectivity index (χ3n) is 4.46. The van der Waals surface area contributed by atoms with Crippen molar-refractivity contribution in [3.8, 4) is 0 Å². The molecular weight excluding hydrogens is 441 g/mol. The maximum absolute atomic E-state index is 12.5. The lowest BCUT2D eigenvalue weighted by atomic mass is 10.2. The van der Waals surface area contributed by atoms with Gasteiger partial charge in [-0.25, -0.2) is 4.98 Å². The van der Waals surface area contributed by atoms with E-state index in [-0.39, 0.29) is 43.1 Å². The molecule has 1 aromatic heterocycles. The van der Waals surface area contributed by atoms with Gasteiger partial charge in [0.05, 0.1) is 16.4 Å². The van der Waals surface area contributed by atoms with E-state index in [1.807, 2.05) is 18.2 Å². The van der Waals surface area contributed by atoms with E-state index in [4.69, 9.17) is 5.73 Å². The average Bonchev–Trinajstić information content (AvgIpc) is 3.11. The number of halogens is 3. The number of amides is 1. The highest BCUT2D eigenvalue weighted by Crippen LogP contribution is 2.27. The molecule has 2 aromatic rings. The first-order chi connectivity index (χ1) is 12.2. The minimum Gasteiger partial charge on any atom is -0.367 e. The Kier molecular flexibility index (Phi) is 12.7. The molecule has 158 valence electrons. The average molecular weight is 469 g/mol. The lowest BCUT2D eigenvalue weighted by Crippen LogP contribution is -2.46. The fourth-order valence-corrected chi connectivity index (χ4v) is 3.79. The van der Waals surface area contributed by atoms with Gasteiger partial charge in [-0.05, 0) is 25.2 Å². The van der Waals surface area contributed by atoms with Crippen molar-refractivity contribution in [3.05, 3.63) is 40.3 Å². The number of benzene rings is 1. The maximum atomic E-state index is 12.5. The molecule has 0 radical (unpaired) electrons. The fourth-order valence-electron chi connectivity index (χ4n) is 3.00. The molecule has 1 amide bonds. The standard InChI is InChI=1S/C18H25N5OS.3ClH/c1-2-22-9-11-23(12-10-22)16-6-4-3-5-14(16)21-18(24)15-13-25-17(20-15)7-8-19;;;/h3-6,13H,2,7-12,19H2,1H3,(H,21,24);3*1H. The Balaban J connectivity index is 0.00000243. The summed E-state index contributed by atoms with van der Waals surface area (Å²) in [6.07, 6.45) is 0.705. The Labute approximate surface area is 189 Å². The van der Waals surface area contributed by atoms with Gasteiger partial charge in [-0.2, -0.15) is 0 Å². The zero-order valence-electron chi connectivity index (χ0n) is 15.8. The van der Waals surface area contributed by atoms with E-state index in [2.05, 4.69) is 33.1 Å². The van der Waals surface area contributed by atoms with Crippen LogP contribution >= 0.6 is 48.6 Å². The Morgan fingerprint density at radius 3 is 2.50 bits per heavy atom. The number of para-hydroxylation sites is 2. The van der Waals surface area contributed by atoms with Crippen LogP contribution in [-0.2, 0) is 6.42 Å². The summed E-state index contributed by atoms with van der Waals surface area (Å²) in [5.74, 6) is -0.167. The van der Waals surface area contributed by atoms with Crippen molar-refractivity contribution < 1.29 is 4.79 Å². The Morgan fingerprint density at radius 1 is 1.18 bits per heavy atom. The molecule has 3 N–H and O–H groups in total. The van der Waals surface area contributed by atoms with Gasteiger partial charge in [0, 0.05) is 38.0 Å². The van der Waals surface area contributed by atoms with Gasteiger partial charge in [-0.1, -0.05) is 19.1 Å². The molecule has 0 atom stereocenters. The smallest absolute Gasteiger partial charge is 0.275 e. The molecule has 1 aromatic carbocycles. The highest BCUT2D eigenvalue weighted by molar-refractivity contribution is 7.09. The Morgan fingerprint density at radius 2 is 1.86 bits per heavy atom. The predicted octanol–water partition coefficient (Wildman–Crippen LogP) is 3.30. The van der Waals surface area contributed by atoms with Crippen LogP contribution in [0.5, 0.6) is 0 Å². The first kappa shape index (κ1) is 26.9. The summed E-state index contributed by atoms with van der Waals surface area (Å²) in [6.45, 7) is 7.86. The number of hydrogen-bond acceptors (Lipinski definition) is 6. The minimum absolute atomic E-state index is 0. The zero-order valence-corrected chi connectivity index (χ0v) is 19.1. The largest absolute Gasteiger partial charge is 0.367 e. The second-order valence-corrected chi connectivity index (χ2v) is 7.00. The normalized spacial score (nSPS) is 13.7. The second-order valence-electron chi connectivity index (χ2n) is 6.06. The SMILES string of the molecule is CCN1CCN(c2ccccc2NC(=O)c2csc(CCN)n2)CC1.Cl.Cl.Cl. The van der Waals surface area contributed by atoms with Crippen LogP contribution in [0.1, 0.15) is 22.4 Å². The number of hydrogen-bond donors (Lipinski definition) is 2. The first-order valence-electron chi connectivity index (χ1n) is 8.73. The van der Waals surface area contributed by atoms with Crippen LogP contribution in [0.2, 0.25) is 0 Å². The third kappa shape index (κ3) is 6.76. The van der Waals surface area contributed by atoms with Gasteiger partial charge in [0.15, 0.2) is 0 Å². The van der Waals surface area contributed by atoms with Crippen LogP contribution < -0.4 is 16.0 Å². The van der Waals surface area contributed by atoms with Crippen LogP contribution in [0.4, 0.5) is 11.4 Å². The zero-order chi connectivity index (χ0) is 17.6. The van der Waals surface area contributed by atoms with Crippen molar-refractivity contribution >= 4 is 65.8 Å². The van der Waals surface area contributed by atoms with Crippen molar-refractivity contribution in [2.75, 3.05) is 49.5 Å². The molecule has 1 saturated heterocycles. The van der Waals surface area contributed by atoms with E-state index in [1.165, 1.54) is 11.3 Å². The first-order valence-corrected chi connectivity index (χ1v) is 9.61. The summed E-state index contributed by atoms with van der Waals surface area (Å²) in [4.78, 5) is 21.7. The highest BCUT2D eigenvalue weighted by Gasteiger charge is 2.19. The number of carbonyl (C=O) groups is 1. The monoisotopic (exact) mass is 467 g/mol. The van der Waals surface area contributed by atoms with Crippen molar-refractivity contribution in [2.24, 2.45) is 5.73 Å². The number of piperazine rings is 1. The van der Waals surface area contributed by atoms with E-state index in [9.17, 15) is 4.79 Å². The number of nitrogens with zero attached hydrogens (tertiary/aromatic N) is 3. The van der Waals surface area contributed by atoms with Gasteiger partial charge in [0.1, 0.15) is 5.69 Å². The number of aromatic nitrogens is 1. The topological polar surface area (TPSA) is 74.5 Å². The molecule has 28 heavy (non-hydrogen) atoms. The number of anilines is 2. The van der Waals surface area contributed by atoms with E-state index < -0.39 is 0 Å². The van der Waals surface area contributed by atoms with Crippen LogP contribution in [0, 0.1) is 0 Å². The summed E-state index contributed by atoms with van der Waals surface area (Å²) in [5, 5.41) is 5.72. The van der Waals surface area contributed by atoms with Crippen LogP contribution in [-0.4, -0.2) is 55.1 Å².